The number of rotatable bonds is 5. The summed E-state index contributed by atoms with van der Waals surface area (Å²) in [6.07, 6.45) is -3.23. The van der Waals surface area contributed by atoms with Crippen molar-refractivity contribution in [1.82, 2.24) is 4.90 Å². The first-order valence-corrected chi connectivity index (χ1v) is 6.41. The van der Waals surface area contributed by atoms with E-state index in [9.17, 15) is 22.8 Å². The summed E-state index contributed by atoms with van der Waals surface area (Å²) in [5.74, 6) is -1.71. The SMILES string of the molecule is COC(=O)CCN(CC(F)(F)F)C(=O)C1CCC(N)C1. The smallest absolute Gasteiger partial charge is 0.406 e. The molecule has 0 heterocycles. The minimum Gasteiger partial charge on any atom is -0.469 e. The fourth-order valence-electron chi connectivity index (χ4n) is 2.31. The Labute approximate surface area is 115 Å². The Kier molecular flexibility index (Phi) is 5.79. The third-order valence-electron chi connectivity index (χ3n) is 3.32. The molecule has 1 amide bonds. The first-order valence-electron chi connectivity index (χ1n) is 6.41. The molecule has 116 valence electrons. The van der Waals surface area contributed by atoms with Crippen molar-refractivity contribution in [3.63, 3.8) is 0 Å². The van der Waals surface area contributed by atoms with Crippen LogP contribution in [0.5, 0.6) is 0 Å². The normalized spacial score (nSPS) is 22.6. The van der Waals surface area contributed by atoms with Crippen molar-refractivity contribution < 1.29 is 27.5 Å². The zero-order valence-corrected chi connectivity index (χ0v) is 11.3. The lowest BCUT2D eigenvalue weighted by molar-refractivity contribution is -0.165. The maximum Gasteiger partial charge on any atom is 0.406 e. The van der Waals surface area contributed by atoms with Crippen molar-refractivity contribution in [2.75, 3.05) is 20.2 Å². The Bertz CT molecular complexity index is 360. The van der Waals surface area contributed by atoms with Crippen LogP contribution in [0.15, 0.2) is 0 Å². The van der Waals surface area contributed by atoms with Gasteiger partial charge in [-0.25, -0.2) is 0 Å². The standard InChI is InChI=1S/C12H19F3N2O3/c1-20-10(18)4-5-17(7-12(13,14)15)11(19)8-2-3-9(16)6-8/h8-9H,2-7,16H2,1H3. The summed E-state index contributed by atoms with van der Waals surface area (Å²) in [5, 5.41) is 0. The van der Waals surface area contributed by atoms with Crippen LogP contribution in [0.25, 0.3) is 0 Å². The Morgan fingerprint density at radius 3 is 2.45 bits per heavy atom. The highest BCUT2D eigenvalue weighted by Gasteiger charge is 2.37. The molecule has 1 rings (SSSR count). The lowest BCUT2D eigenvalue weighted by Gasteiger charge is -2.26. The van der Waals surface area contributed by atoms with Gasteiger partial charge in [-0.3, -0.25) is 9.59 Å². The molecule has 2 unspecified atom stereocenters. The Morgan fingerprint density at radius 2 is 2.00 bits per heavy atom. The van der Waals surface area contributed by atoms with Crippen LogP contribution >= 0.6 is 0 Å². The lowest BCUT2D eigenvalue weighted by Crippen LogP contribution is -2.43. The number of amides is 1. The van der Waals surface area contributed by atoms with Crippen molar-refractivity contribution in [2.45, 2.75) is 37.9 Å². The number of carbonyl (C=O) groups excluding carboxylic acids is 2. The summed E-state index contributed by atoms with van der Waals surface area (Å²) in [5.41, 5.74) is 5.67. The molecule has 0 aliphatic heterocycles. The number of halogens is 3. The molecule has 2 atom stereocenters. The number of nitrogens with two attached hydrogens (primary N) is 1. The van der Waals surface area contributed by atoms with Gasteiger partial charge >= 0.3 is 12.1 Å². The van der Waals surface area contributed by atoms with E-state index in [1.165, 1.54) is 0 Å². The van der Waals surface area contributed by atoms with Crippen molar-refractivity contribution in [3.8, 4) is 0 Å². The molecule has 0 aromatic carbocycles. The molecule has 0 radical (unpaired) electrons. The molecule has 8 heteroatoms. The van der Waals surface area contributed by atoms with Gasteiger partial charge in [-0.05, 0) is 19.3 Å². The van der Waals surface area contributed by atoms with Gasteiger partial charge in [0, 0.05) is 18.5 Å². The van der Waals surface area contributed by atoms with Gasteiger partial charge in [-0.2, -0.15) is 13.2 Å². The van der Waals surface area contributed by atoms with Crippen LogP contribution in [0.4, 0.5) is 13.2 Å². The van der Waals surface area contributed by atoms with Crippen molar-refractivity contribution in [3.05, 3.63) is 0 Å². The minimum absolute atomic E-state index is 0.141. The first kappa shape index (κ1) is 16.7. The second-order valence-electron chi connectivity index (χ2n) is 4.97. The van der Waals surface area contributed by atoms with Crippen LogP contribution in [-0.4, -0.2) is 49.2 Å². The molecule has 1 aliphatic rings. The summed E-state index contributed by atoms with van der Waals surface area (Å²) in [7, 11) is 1.15. The van der Waals surface area contributed by atoms with E-state index in [1.807, 2.05) is 0 Å². The number of carbonyl (C=O) groups is 2. The molecule has 1 aliphatic carbocycles. The quantitative estimate of drug-likeness (QED) is 0.770. The number of nitrogens with zero attached hydrogens (tertiary/aromatic N) is 1. The molecule has 0 saturated heterocycles. The summed E-state index contributed by atoms with van der Waals surface area (Å²) in [6, 6.07) is -0.141. The van der Waals surface area contributed by atoms with Crippen molar-refractivity contribution in [2.24, 2.45) is 11.7 Å². The first-order chi connectivity index (χ1) is 9.23. The second-order valence-corrected chi connectivity index (χ2v) is 4.97. The Hall–Kier alpha value is -1.31. The van der Waals surface area contributed by atoms with Gasteiger partial charge in [0.05, 0.1) is 13.5 Å². The number of methoxy groups -OCH3 is 1. The third-order valence-corrected chi connectivity index (χ3v) is 3.32. The van der Waals surface area contributed by atoms with Crippen molar-refractivity contribution in [1.29, 1.82) is 0 Å². The van der Waals surface area contributed by atoms with Crippen LogP contribution in [0.3, 0.4) is 0 Å². The van der Waals surface area contributed by atoms with E-state index in [1.54, 1.807) is 0 Å². The molecule has 5 nitrogen and oxygen atoms in total. The third kappa shape index (κ3) is 5.36. The maximum atomic E-state index is 12.5. The zero-order chi connectivity index (χ0) is 15.3. The van der Waals surface area contributed by atoms with Gasteiger partial charge in [0.25, 0.3) is 0 Å². The highest BCUT2D eigenvalue weighted by molar-refractivity contribution is 5.80. The van der Waals surface area contributed by atoms with Gasteiger partial charge in [0.2, 0.25) is 5.91 Å². The summed E-state index contributed by atoms with van der Waals surface area (Å²) < 4.78 is 41.9. The van der Waals surface area contributed by atoms with Gasteiger partial charge < -0.3 is 15.4 Å². The predicted molar refractivity (Wildman–Crippen MR) is 64.6 cm³/mol. The van der Waals surface area contributed by atoms with Gasteiger partial charge in [-0.15, -0.1) is 0 Å². The van der Waals surface area contributed by atoms with Gasteiger partial charge in [0.1, 0.15) is 6.54 Å². The molecular weight excluding hydrogens is 277 g/mol. The highest BCUT2D eigenvalue weighted by atomic mass is 19.4. The molecule has 0 spiro atoms. The molecular formula is C12H19F3N2O3. The highest BCUT2D eigenvalue weighted by Crippen LogP contribution is 2.27. The monoisotopic (exact) mass is 296 g/mol. The van der Waals surface area contributed by atoms with E-state index in [4.69, 9.17) is 5.73 Å². The number of hydrogen-bond donors (Lipinski definition) is 1. The van der Waals surface area contributed by atoms with Crippen LogP contribution < -0.4 is 5.73 Å². The molecule has 1 saturated carbocycles. The van der Waals surface area contributed by atoms with E-state index < -0.39 is 30.5 Å². The summed E-state index contributed by atoms with van der Waals surface area (Å²) in [6.45, 7) is -1.65. The molecule has 1 fully saturated rings. The maximum absolute atomic E-state index is 12.5. The van der Waals surface area contributed by atoms with Gasteiger partial charge in [-0.1, -0.05) is 0 Å². The largest absolute Gasteiger partial charge is 0.469 e. The van der Waals surface area contributed by atoms with Crippen molar-refractivity contribution >= 4 is 11.9 Å². The molecule has 20 heavy (non-hydrogen) atoms. The molecule has 0 bridgehead atoms. The molecule has 0 aromatic rings. The number of ether oxygens (including phenoxy) is 1. The Balaban J connectivity index is 2.65. The number of alkyl halides is 3. The second kappa shape index (κ2) is 6.92. The lowest BCUT2D eigenvalue weighted by atomic mass is 10.1. The van der Waals surface area contributed by atoms with Crippen LogP contribution in [0.1, 0.15) is 25.7 Å². The van der Waals surface area contributed by atoms with Crippen LogP contribution in [0.2, 0.25) is 0 Å². The van der Waals surface area contributed by atoms with E-state index in [-0.39, 0.29) is 19.0 Å². The van der Waals surface area contributed by atoms with E-state index in [0.29, 0.717) is 24.2 Å². The average molecular weight is 296 g/mol. The Morgan fingerprint density at radius 1 is 1.35 bits per heavy atom. The number of hydrogen-bond acceptors (Lipinski definition) is 4. The van der Waals surface area contributed by atoms with Gasteiger partial charge in [0.15, 0.2) is 0 Å². The predicted octanol–water partition coefficient (Wildman–Crippen LogP) is 1.07. The van der Waals surface area contributed by atoms with Crippen LogP contribution in [0, 0.1) is 5.92 Å². The fraction of sp³-hybridized carbons (Fsp3) is 0.833. The van der Waals surface area contributed by atoms with E-state index in [2.05, 4.69) is 4.74 Å². The van der Waals surface area contributed by atoms with E-state index >= 15 is 0 Å². The van der Waals surface area contributed by atoms with Crippen LogP contribution in [-0.2, 0) is 14.3 Å². The topological polar surface area (TPSA) is 72.6 Å². The summed E-state index contributed by atoms with van der Waals surface area (Å²) >= 11 is 0. The number of esters is 1. The molecule has 0 aromatic heterocycles. The molecule has 2 N–H and O–H groups in total. The average Bonchev–Trinajstić information content (AvgIpc) is 2.78. The minimum atomic E-state index is -4.49. The zero-order valence-electron chi connectivity index (χ0n) is 11.3. The fourth-order valence-corrected chi connectivity index (χ4v) is 2.31. The van der Waals surface area contributed by atoms with E-state index in [0.717, 1.165) is 7.11 Å². The summed E-state index contributed by atoms with van der Waals surface area (Å²) in [4.78, 5) is 23.8.